The zero-order valence-corrected chi connectivity index (χ0v) is 13.2. The van der Waals surface area contributed by atoms with Gasteiger partial charge in [-0.15, -0.1) is 0 Å². The largest absolute Gasteiger partial charge is 0.466 e. The van der Waals surface area contributed by atoms with Crippen LogP contribution < -0.4 is 0 Å². The molecule has 0 saturated carbocycles. The molecule has 0 atom stereocenters. The minimum Gasteiger partial charge on any atom is -0.466 e. The molecule has 0 aromatic heterocycles. The maximum absolute atomic E-state index is 10.7. The van der Waals surface area contributed by atoms with Gasteiger partial charge in [-0.05, 0) is 13.3 Å². The zero-order chi connectivity index (χ0) is 11.4. The molecule has 0 radical (unpaired) electrons. The minimum absolute atomic E-state index is 0. The number of hydrogen-bond donors (Lipinski definition) is 3. The van der Waals surface area contributed by atoms with Gasteiger partial charge in [-0.2, -0.15) is 0 Å². The van der Waals surface area contributed by atoms with E-state index in [9.17, 15) is 4.79 Å². The second kappa shape index (κ2) is 16.8. The SMILES string of the molecule is CCCCCC(=O)OCC.OP(O)O.[Zn]. The third-order valence-electron chi connectivity index (χ3n) is 1.29. The van der Waals surface area contributed by atoms with E-state index in [2.05, 4.69) is 6.92 Å². The van der Waals surface area contributed by atoms with Gasteiger partial charge in [0, 0.05) is 25.9 Å². The Balaban J connectivity index is -0.000000249. The average Bonchev–Trinajstić information content (AvgIpc) is 2.04. The van der Waals surface area contributed by atoms with Gasteiger partial charge in [-0.1, -0.05) is 19.8 Å². The number of ether oxygens (including phenoxy) is 1. The summed E-state index contributed by atoms with van der Waals surface area (Å²) in [5.41, 5.74) is 0. The Bertz CT molecular complexity index is 131. The van der Waals surface area contributed by atoms with Crippen LogP contribution in [0.3, 0.4) is 0 Å². The molecule has 0 aromatic rings. The van der Waals surface area contributed by atoms with Gasteiger partial charge < -0.3 is 19.4 Å². The molecule has 0 bridgehead atoms. The van der Waals surface area contributed by atoms with Crippen LogP contribution in [-0.2, 0) is 29.0 Å². The summed E-state index contributed by atoms with van der Waals surface area (Å²) < 4.78 is 4.75. The number of hydrogen-bond acceptors (Lipinski definition) is 5. The smallest absolute Gasteiger partial charge is 0.324 e. The van der Waals surface area contributed by atoms with Crippen LogP contribution in [0.15, 0.2) is 0 Å². The number of rotatable bonds is 5. The maximum Gasteiger partial charge on any atom is 0.324 e. The van der Waals surface area contributed by atoms with Crippen molar-refractivity contribution in [1.82, 2.24) is 0 Å². The van der Waals surface area contributed by atoms with Crippen LogP contribution in [0.25, 0.3) is 0 Å². The van der Waals surface area contributed by atoms with E-state index in [0.29, 0.717) is 13.0 Å². The molecular weight excluding hydrogens is 272 g/mol. The summed E-state index contributed by atoms with van der Waals surface area (Å²) in [4.78, 5) is 32.4. The Morgan fingerprint density at radius 1 is 1.20 bits per heavy atom. The van der Waals surface area contributed by atoms with E-state index in [1.165, 1.54) is 0 Å². The topological polar surface area (TPSA) is 87.0 Å². The van der Waals surface area contributed by atoms with Crippen molar-refractivity contribution in [3.63, 3.8) is 0 Å². The quantitative estimate of drug-likeness (QED) is 0.308. The first-order valence-electron chi connectivity index (χ1n) is 4.56. The molecule has 0 spiro atoms. The van der Waals surface area contributed by atoms with Crippen molar-refractivity contribution in [2.45, 2.75) is 39.5 Å². The molecule has 15 heavy (non-hydrogen) atoms. The van der Waals surface area contributed by atoms with Crippen molar-refractivity contribution in [3.05, 3.63) is 0 Å². The van der Waals surface area contributed by atoms with Gasteiger partial charge in [0.05, 0.1) is 6.61 Å². The van der Waals surface area contributed by atoms with Gasteiger partial charge in [-0.3, -0.25) is 4.79 Å². The van der Waals surface area contributed by atoms with Crippen LogP contribution in [0.4, 0.5) is 0 Å². The summed E-state index contributed by atoms with van der Waals surface area (Å²) in [5.74, 6) is -0.0593. The van der Waals surface area contributed by atoms with Crippen LogP contribution in [0, 0.1) is 0 Å². The van der Waals surface area contributed by atoms with E-state index >= 15 is 0 Å². The first-order valence-corrected chi connectivity index (χ1v) is 5.76. The van der Waals surface area contributed by atoms with Crippen molar-refractivity contribution < 1.29 is 43.7 Å². The van der Waals surface area contributed by atoms with Gasteiger partial charge in [0.1, 0.15) is 0 Å². The fourth-order valence-electron chi connectivity index (χ4n) is 0.752. The van der Waals surface area contributed by atoms with E-state index in [1.54, 1.807) is 0 Å². The van der Waals surface area contributed by atoms with Crippen molar-refractivity contribution in [1.29, 1.82) is 0 Å². The Labute approximate surface area is 105 Å². The molecule has 0 unspecified atom stereocenters. The Morgan fingerprint density at radius 2 is 1.67 bits per heavy atom. The predicted octanol–water partition coefficient (Wildman–Crippen LogP) is 1.32. The van der Waals surface area contributed by atoms with Gasteiger partial charge in [0.2, 0.25) is 0 Å². The fourth-order valence-corrected chi connectivity index (χ4v) is 0.752. The van der Waals surface area contributed by atoms with Gasteiger partial charge >= 0.3 is 14.6 Å². The van der Waals surface area contributed by atoms with Crippen molar-refractivity contribution in [3.8, 4) is 0 Å². The third kappa shape index (κ3) is 31.4. The fraction of sp³-hybridized carbons (Fsp3) is 0.875. The first kappa shape index (κ1) is 20.8. The maximum atomic E-state index is 10.7. The van der Waals surface area contributed by atoms with E-state index in [-0.39, 0.29) is 25.4 Å². The molecule has 5 nitrogen and oxygen atoms in total. The third-order valence-corrected chi connectivity index (χ3v) is 1.29. The van der Waals surface area contributed by atoms with Gasteiger partial charge in [0.25, 0.3) is 0 Å². The standard InChI is InChI=1S/C8H16O2.H3O3P.Zn/c1-3-5-6-7-8(9)10-4-2;1-4(2)3;/h3-7H2,1-2H3;1-3H;. The van der Waals surface area contributed by atoms with Crippen LogP contribution in [0.1, 0.15) is 39.5 Å². The minimum atomic E-state index is -2.62. The summed E-state index contributed by atoms with van der Waals surface area (Å²) in [6.07, 6.45) is 3.83. The monoisotopic (exact) mass is 290 g/mol. The van der Waals surface area contributed by atoms with Crippen LogP contribution >= 0.6 is 8.60 Å². The molecule has 0 rings (SSSR count). The van der Waals surface area contributed by atoms with Crippen molar-refractivity contribution in [2.24, 2.45) is 0 Å². The van der Waals surface area contributed by atoms with Crippen LogP contribution in [-0.4, -0.2) is 27.3 Å². The molecule has 0 amide bonds. The van der Waals surface area contributed by atoms with E-state index in [0.717, 1.165) is 19.3 Å². The molecule has 3 N–H and O–H groups in total. The van der Waals surface area contributed by atoms with Crippen LogP contribution in [0.2, 0.25) is 0 Å². The molecule has 0 aliphatic rings. The molecule has 88 valence electrons. The summed E-state index contributed by atoms with van der Waals surface area (Å²) in [7, 11) is -2.62. The summed E-state index contributed by atoms with van der Waals surface area (Å²) in [6.45, 7) is 4.45. The molecule has 0 heterocycles. The predicted molar refractivity (Wildman–Crippen MR) is 54.4 cm³/mol. The molecule has 0 aromatic carbocycles. The molecule has 0 aliphatic heterocycles. The molecule has 0 fully saturated rings. The Morgan fingerprint density at radius 3 is 2.00 bits per heavy atom. The summed E-state index contributed by atoms with van der Waals surface area (Å²) in [5, 5.41) is 0. The summed E-state index contributed by atoms with van der Waals surface area (Å²) in [6, 6.07) is 0. The number of carbonyl (C=O) groups is 1. The van der Waals surface area contributed by atoms with Crippen molar-refractivity contribution in [2.75, 3.05) is 6.61 Å². The number of esters is 1. The summed E-state index contributed by atoms with van der Waals surface area (Å²) >= 11 is 0. The molecule has 7 heteroatoms. The van der Waals surface area contributed by atoms with Crippen LogP contribution in [0.5, 0.6) is 0 Å². The second-order valence-corrected chi connectivity index (χ2v) is 3.07. The van der Waals surface area contributed by atoms with Gasteiger partial charge in [-0.25, -0.2) is 0 Å². The number of carbonyl (C=O) groups excluding carboxylic acids is 1. The second-order valence-electron chi connectivity index (χ2n) is 2.53. The van der Waals surface area contributed by atoms with E-state index in [1.807, 2.05) is 6.92 Å². The molecule has 0 saturated heterocycles. The van der Waals surface area contributed by atoms with Crippen molar-refractivity contribution >= 4 is 14.6 Å². The number of unbranched alkanes of at least 4 members (excludes halogenated alkanes) is 2. The molecule has 0 aliphatic carbocycles. The van der Waals surface area contributed by atoms with E-state index in [4.69, 9.17) is 19.4 Å². The Hall–Kier alpha value is 0.403. The first-order chi connectivity index (χ1) is 6.54. The Kier molecular flexibility index (Phi) is 23.3. The molecular formula is C8H19O5PZn. The average molecular weight is 292 g/mol. The van der Waals surface area contributed by atoms with E-state index < -0.39 is 8.60 Å². The van der Waals surface area contributed by atoms with Gasteiger partial charge in [0.15, 0.2) is 0 Å². The zero-order valence-electron chi connectivity index (χ0n) is 9.35. The normalized spacial score (nSPS) is 8.67.